The normalized spacial score (nSPS) is 11.8. The summed E-state index contributed by atoms with van der Waals surface area (Å²) in [5.74, 6) is -1.40. The fourth-order valence-electron chi connectivity index (χ4n) is 1.20. The number of carboxylic acid groups (broad SMARTS) is 1. The van der Waals surface area contributed by atoms with Crippen LogP contribution in [0.3, 0.4) is 0 Å². The Hall–Kier alpha value is -1.91. The first kappa shape index (κ1) is 11.2. The van der Waals surface area contributed by atoms with E-state index in [1.165, 1.54) is 6.92 Å². The van der Waals surface area contributed by atoms with Crippen molar-refractivity contribution >= 4 is 11.9 Å². The molecule has 0 spiro atoms. The second kappa shape index (κ2) is 5.09. The Labute approximate surface area is 87.1 Å². The Morgan fingerprint density at radius 1 is 1.60 bits per heavy atom. The number of hydrogen-bond acceptors (Lipinski definition) is 3. The minimum Gasteiger partial charge on any atom is -0.480 e. The maximum atomic E-state index is 10.8. The molecule has 1 heterocycles. The number of rotatable bonds is 4. The Morgan fingerprint density at radius 2 is 2.33 bits per heavy atom. The van der Waals surface area contributed by atoms with E-state index in [2.05, 4.69) is 10.3 Å². The highest BCUT2D eigenvalue weighted by molar-refractivity contribution is 5.82. The second-order valence-electron chi connectivity index (χ2n) is 3.16. The number of amides is 1. The third-order valence-electron chi connectivity index (χ3n) is 1.84. The van der Waals surface area contributed by atoms with Crippen molar-refractivity contribution in [2.45, 2.75) is 19.4 Å². The molecule has 1 rings (SSSR count). The lowest BCUT2D eigenvalue weighted by atomic mass is 10.1. The van der Waals surface area contributed by atoms with E-state index in [1.54, 1.807) is 24.5 Å². The molecule has 0 aliphatic heterocycles. The number of carboxylic acids is 1. The van der Waals surface area contributed by atoms with Crippen molar-refractivity contribution in [2.24, 2.45) is 0 Å². The highest BCUT2D eigenvalue weighted by Gasteiger charge is 2.18. The smallest absolute Gasteiger partial charge is 0.326 e. The predicted molar refractivity (Wildman–Crippen MR) is 53.2 cm³/mol. The molecule has 0 bridgehead atoms. The average Bonchev–Trinajstić information content (AvgIpc) is 2.17. The number of aliphatic carboxylic acids is 1. The van der Waals surface area contributed by atoms with Gasteiger partial charge in [0.15, 0.2) is 0 Å². The van der Waals surface area contributed by atoms with Gasteiger partial charge in [-0.15, -0.1) is 0 Å². The fraction of sp³-hybridized carbons (Fsp3) is 0.300. The summed E-state index contributed by atoms with van der Waals surface area (Å²) in [4.78, 5) is 25.4. The van der Waals surface area contributed by atoms with Gasteiger partial charge in [-0.2, -0.15) is 0 Å². The van der Waals surface area contributed by atoms with Crippen molar-refractivity contribution in [1.29, 1.82) is 0 Å². The van der Waals surface area contributed by atoms with Gasteiger partial charge in [0.25, 0.3) is 0 Å². The first-order valence-electron chi connectivity index (χ1n) is 4.48. The molecule has 0 radical (unpaired) electrons. The average molecular weight is 208 g/mol. The van der Waals surface area contributed by atoms with Crippen LogP contribution in [-0.2, 0) is 16.0 Å². The number of hydrogen-bond donors (Lipinski definition) is 2. The van der Waals surface area contributed by atoms with Crippen molar-refractivity contribution in [2.75, 3.05) is 0 Å². The van der Waals surface area contributed by atoms with Gasteiger partial charge in [0.1, 0.15) is 6.04 Å². The van der Waals surface area contributed by atoms with Crippen molar-refractivity contribution in [3.05, 3.63) is 30.1 Å². The Balaban J connectivity index is 2.67. The molecular formula is C10H12N2O3. The van der Waals surface area contributed by atoms with Gasteiger partial charge in [-0.25, -0.2) is 4.79 Å². The van der Waals surface area contributed by atoms with Crippen molar-refractivity contribution < 1.29 is 14.7 Å². The Bertz CT molecular complexity index is 351. The summed E-state index contributed by atoms with van der Waals surface area (Å²) in [5.41, 5.74) is 0.777. The zero-order chi connectivity index (χ0) is 11.3. The third kappa shape index (κ3) is 3.76. The van der Waals surface area contributed by atoms with Crippen LogP contribution < -0.4 is 5.32 Å². The lowest BCUT2D eigenvalue weighted by Gasteiger charge is -2.12. The highest BCUT2D eigenvalue weighted by Crippen LogP contribution is 2.01. The Kier molecular flexibility index (Phi) is 3.79. The zero-order valence-electron chi connectivity index (χ0n) is 8.30. The SMILES string of the molecule is CC(=O)N[C@@H](Cc1cccnc1)C(=O)O. The molecule has 0 aliphatic carbocycles. The van der Waals surface area contributed by atoms with E-state index < -0.39 is 12.0 Å². The number of nitrogens with one attached hydrogen (secondary N) is 1. The summed E-state index contributed by atoms with van der Waals surface area (Å²) >= 11 is 0. The number of pyridine rings is 1. The summed E-state index contributed by atoms with van der Waals surface area (Å²) in [6, 6.07) is 2.60. The number of nitrogens with zero attached hydrogens (tertiary/aromatic N) is 1. The molecule has 0 saturated heterocycles. The first-order chi connectivity index (χ1) is 7.09. The van der Waals surface area contributed by atoms with Crippen molar-refractivity contribution in [1.82, 2.24) is 10.3 Å². The van der Waals surface area contributed by atoms with E-state index in [9.17, 15) is 9.59 Å². The van der Waals surface area contributed by atoms with Gasteiger partial charge in [0.2, 0.25) is 5.91 Å². The molecule has 1 amide bonds. The van der Waals surface area contributed by atoms with Gasteiger partial charge < -0.3 is 10.4 Å². The summed E-state index contributed by atoms with van der Waals surface area (Å²) < 4.78 is 0. The van der Waals surface area contributed by atoms with E-state index in [-0.39, 0.29) is 12.3 Å². The fourth-order valence-corrected chi connectivity index (χ4v) is 1.20. The van der Waals surface area contributed by atoms with Crippen molar-refractivity contribution in [3.8, 4) is 0 Å². The molecule has 5 heteroatoms. The van der Waals surface area contributed by atoms with E-state index in [4.69, 9.17) is 5.11 Å². The van der Waals surface area contributed by atoms with Crippen LogP contribution in [0.1, 0.15) is 12.5 Å². The number of carbonyl (C=O) groups is 2. The molecule has 1 atom stereocenters. The summed E-state index contributed by atoms with van der Waals surface area (Å²) in [6.07, 6.45) is 3.43. The maximum absolute atomic E-state index is 10.8. The van der Waals surface area contributed by atoms with Crippen LogP contribution in [0.2, 0.25) is 0 Å². The van der Waals surface area contributed by atoms with Gasteiger partial charge in [-0.05, 0) is 11.6 Å². The van der Waals surface area contributed by atoms with Crippen LogP contribution in [0.4, 0.5) is 0 Å². The molecule has 1 aromatic rings. The molecule has 0 aliphatic rings. The minimum atomic E-state index is -1.05. The molecule has 5 nitrogen and oxygen atoms in total. The summed E-state index contributed by atoms with van der Waals surface area (Å²) in [6.45, 7) is 1.29. The van der Waals surface area contributed by atoms with Crippen LogP contribution in [0.15, 0.2) is 24.5 Å². The predicted octanol–water partition coefficient (Wildman–Crippen LogP) is 0.213. The molecule has 2 N–H and O–H groups in total. The lowest BCUT2D eigenvalue weighted by Crippen LogP contribution is -2.41. The van der Waals surface area contributed by atoms with E-state index in [1.807, 2.05) is 0 Å². The highest BCUT2D eigenvalue weighted by atomic mass is 16.4. The maximum Gasteiger partial charge on any atom is 0.326 e. The van der Waals surface area contributed by atoms with Crippen LogP contribution >= 0.6 is 0 Å². The van der Waals surface area contributed by atoms with Crippen LogP contribution in [0.25, 0.3) is 0 Å². The van der Waals surface area contributed by atoms with Crippen molar-refractivity contribution in [3.63, 3.8) is 0 Å². The molecule has 15 heavy (non-hydrogen) atoms. The van der Waals surface area contributed by atoms with Gasteiger partial charge >= 0.3 is 5.97 Å². The van der Waals surface area contributed by atoms with Crippen LogP contribution in [-0.4, -0.2) is 28.0 Å². The Morgan fingerprint density at radius 3 is 2.80 bits per heavy atom. The topological polar surface area (TPSA) is 79.3 Å². The molecule has 1 aromatic heterocycles. The number of carbonyl (C=O) groups excluding carboxylic acids is 1. The van der Waals surface area contributed by atoms with Gasteiger partial charge in [-0.1, -0.05) is 6.07 Å². The molecule has 0 saturated carbocycles. The molecule has 0 fully saturated rings. The van der Waals surface area contributed by atoms with Gasteiger partial charge in [-0.3, -0.25) is 9.78 Å². The first-order valence-corrected chi connectivity index (χ1v) is 4.48. The van der Waals surface area contributed by atoms with E-state index in [0.717, 1.165) is 5.56 Å². The largest absolute Gasteiger partial charge is 0.480 e. The van der Waals surface area contributed by atoms with Gasteiger partial charge in [0, 0.05) is 25.7 Å². The third-order valence-corrected chi connectivity index (χ3v) is 1.84. The zero-order valence-corrected chi connectivity index (χ0v) is 8.30. The molecule has 80 valence electrons. The quantitative estimate of drug-likeness (QED) is 0.741. The molecule has 0 aromatic carbocycles. The monoisotopic (exact) mass is 208 g/mol. The number of aromatic nitrogens is 1. The van der Waals surface area contributed by atoms with Crippen LogP contribution in [0.5, 0.6) is 0 Å². The van der Waals surface area contributed by atoms with E-state index in [0.29, 0.717) is 0 Å². The van der Waals surface area contributed by atoms with E-state index >= 15 is 0 Å². The molecular weight excluding hydrogens is 196 g/mol. The standard InChI is InChI=1S/C10H12N2O3/c1-7(13)12-9(10(14)15)5-8-3-2-4-11-6-8/h2-4,6,9H,5H2,1H3,(H,12,13)(H,14,15)/t9-/m0/s1. The molecule has 0 unspecified atom stereocenters. The summed E-state index contributed by atoms with van der Waals surface area (Å²) in [5, 5.41) is 11.2. The van der Waals surface area contributed by atoms with Crippen LogP contribution in [0, 0.1) is 0 Å². The second-order valence-corrected chi connectivity index (χ2v) is 3.16. The minimum absolute atomic E-state index is 0.239. The van der Waals surface area contributed by atoms with Gasteiger partial charge in [0.05, 0.1) is 0 Å². The lowest BCUT2D eigenvalue weighted by molar-refractivity contribution is -0.141. The summed E-state index contributed by atoms with van der Waals surface area (Å²) in [7, 11) is 0.